The van der Waals surface area contributed by atoms with Gasteiger partial charge < -0.3 is 21.5 Å². The zero-order valence-electron chi connectivity index (χ0n) is 13.6. The molecule has 1 aliphatic heterocycles. The van der Waals surface area contributed by atoms with Crippen molar-refractivity contribution in [3.63, 3.8) is 0 Å². The number of rotatable bonds is 7. The molecule has 0 unspecified atom stereocenters. The third-order valence-electron chi connectivity index (χ3n) is 4.20. The Morgan fingerprint density at radius 2 is 1.65 bits per heavy atom. The summed E-state index contributed by atoms with van der Waals surface area (Å²) >= 11 is 0. The highest BCUT2D eigenvalue weighted by molar-refractivity contribution is 5.02. The highest BCUT2D eigenvalue weighted by Gasteiger charge is 2.27. The highest BCUT2D eigenvalue weighted by atomic mass is 79.9. The van der Waals surface area contributed by atoms with Crippen molar-refractivity contribution in [1.82, 2.24) is 0 Å². The van der Waals surface area contributed by atoms with E-state index < -0.39 is 0 Å². The summed E-state index contributed by atoms with van der Waals surface area (Å²) in [4.78, 5) is 0. The molecule has 0 atom stereocenters. The van der Waals surface area contributed by atoms with Crippen LogP contribution in [0.3, 0.4) is 0 Å². The number of likely N-dealkylation sites (tertiary alicyclic amines) is 1. The van der Waals surface area contributed by atoms with E-state index in [9.17, 15) is 0 Å². The summed E-state index contributed by atoms with van der Waals surface area (Å²) in [5, 5.41) is 0. The summed E-state index contributed by atoms with van der Waals surface area (Å²) in [7, 11) is 0. The molecule has 0 aromatic carbocycles. The van der Waals surface area contributed by atoms with Gasteiger partial charge in [0.05, 0.1) is 26.2 Å². The average molecular weight is 342 g/mol. The SMILES string of the molecule is C=CC[N+]1(C/C=C(\C)CCC=C(C)C)CCCCC1.[Br-]. The fourth-order valence-corrected chi connectivity index (χ4v) is 2.94. The Bertz CT molecular complexity index is 331. The van der Waals surface area contributed by atoms with E-state index in [2.05, 4.69) is 45.6 Å². The summed E-state index contributed by atoms with van der Waals surface area (Å²) in [6.07, 6.45) is 13.5. The molecule has 0 spiro atoms. The van der Waals surface area contributed by atoms with Gasteiger partial charge in [-0.05, 0) is 65.0 Å². The topological polar surface area (TPSA) is 0 Å². The Morgan fingerprint density at radius 1 is 1.00 bits per heavy atom. The van der Waals surface area contributed by atoms with Crippen LogP contribution < -0.4 is 17.0 Å². The van der Waals surface area contributed by atoms with Crippen LogP contribution in [0, 0.1) is 0 Å². The molecule has 20 heavy (non-hydrogen) atoms. The molecule has 1 rings (SSSR count). The van der Waals surface area contributed by atoms with Crippen LogP contribution in [0.2, 0.25) is 0 Å². The molecule has 116 valence electrons. The Kier molecular flexibility index (Phi) is 10.2. The Hall–Kier alpha value is -0.340. The lowest BCUT2D eigenvalue weighted by Gasteiger charge is -2.40. The maximum absolute atomic E-state index is 3.95. The zero-order valence-corrected chi connectivity index (χ0v) is 15.2. The quantitative estimate of drug-likeness (QED) is 0.490. The number of halogens is 1. The molecule has 1 aliphatic rings. The second-order valence-corrected chi connectivity index (χ2v) is 6.37. The van der Waals surface area contributed by atoms with Crippen LogP contribution in [0.25, 0.3) is 0 Å². The van der Waals surface area contributed by atoms with Gasteiger partial charge in [-0.3, -0.25) is 0 Å². The lowest BCUT2D eigenvalue weighted by molar-refractivity contribution is -0.921. The third-order valence-corrected chi connectivity index (χ3v) is 4.20. The van der Waals surface area contributed by atoms with E-state index in [1.807, 2.05) is 0 Å². The maximum Gasteiger partial charge on any atom is 0.0978 e. The predicted octanol–water partition coefficient (Wildman–Crippen LogP) is 1.87. The maximum atomic E-state index is 3.95. The lowest BCUT2D eigenvalue weighted by Crippen LogP contribution is -3.00. The van der Waals surface area contributed by atoms with E-state index in [4.69, 9.17) is 0 Å². The van der Waals surface area contributed by atoms with Crippen molar-refractivity contribution in [1.29, 1.82) is 0 Å². The largest absolute Gasteiger partial charge is 1.00 e. The molecule has 1 saturated heterocycles. The fraction of sp³-hybridized carbons (Fsp3) is 0.667. The minimum Gasteiger partial charge on any atom is -1.00 e. The second kappa shape index (κ2) is 10.4. The molecule has 2 heteroatoms. The van der Waals surface area contributed by atoms with Gasteiger partial charge in [-0.25, -0.2) is 0 Å². The van der Waals surface area contributed by atoms with Crippen LogP contribution in [0.1, 0.15) is 52.9 Å². The molecule has 0 N–H and O–H groups in total. The molecule has 0 aromatic heterocycles. The van der Waals surface area contributed by atoms with Gasteiger partial charge in [-0.1, -0.05) is 23.8 Å². The van der Waals surface area contributed by atoms with Crippen LogP contribution in [0.5, 0.6) is 0 Å². The van der Waals surface area contributed by atoms with E-state index in [0.29, 0.717) is 0 Å². The van der Waals surface area contributed by atoms with Crippen LogP contribution >= 0.6 is 0 Å². The van der Waals surface area contributed by atoms with Crippen molar-refractivity contribution in [2.45, 2.75) is 52.9 Å². The van der Waals surface area contributed by atoms with Gasteiger partial charge >= 0.3 is 0 Å². The van der Waals surface area contributed by atoms with Crippen molar-refractivity contribution in [3.05, 3.63) is 36.0 Å². The van der Waals surface area contributed by atoms with Gasteiger partial charge in [0, 0.05) is 0 Å². The molecule has 0 saturated carbocycles. The summed E-state index contributed by atoms with van der Waals surface area (Å²) in [6.45, 7) is 15.6. The van der Waals surface area contributed by atoms with E-state index in [1.165, 1.54) is 61.8 Å². The van der Waals surface area contributed by atoms with Crippen molar-refractivity contribution in [2.24, 2.45) is 0 Å². The summed E-state index contributed by atoms with van der Waals surface area (Å²) in [5.74, 6) is 0. The molecule has 1 nitrogen and oxygen atoms in total. The minimum atomic E-state index is 0. The molecule has 1 fully saturated rings. The molecule has 0 aliphatic carbocycles. The normalized spacial score (nSPS) is 18.1. The second-order valence-electron chi connectivity index (χ2n) is 6.37. The lowest BCUT2D eigenvalue weighted by atomic mass is 10.1. The Morgan fingerprint density at radius 3 is 2.20 bits per heavy atom. The van der Waals surface area contributed by atoms with Crippen molar-refractivity contribution in [2.75, 3.05) is 26.2 Å². The van der Waals surface area contributed by atoms with Crippen LogP contribution in [-0.4, -0.2) is 30.7 Å². The molecule has 0 aromatic rings. The summed E-state index contributed by atoms with van der Waals surface area (Å²) < 4.78 is 1.24. The predicted molar refractivity (Wildman–Crippen MR) is 86.2 cm³/mol. The van der Waals surface area contributed by atoms with Crippen molar-refractivity contribution in [3.8, 4) is 0 Å². The first kappa shape index (κ1) is 19.7. The Balaban J connectivity index is 0.00000361. The van der Waals surface area contributed by atoms with E-state index in [-0.39, 0.29) is 17.0 Å². The first-order valence-corrected chi connectivity index (χ1v) is 7.83. The zero-order chi connectivity index (χ0) is 14.1. The molecule has 0 bridgehead atoms. The smallest absolute Gasteiger partial charge is 0.0978 e. The minimum absolute atomic E-state index is 0. The van der Waals surface area contributed by atoms with Gasteiger partial charge in [0.1, 0.15) is 0 Å². The third kappa shape index (κ3) is 7.44. The number of hydrogen-bond acceptors (Lipinski definition) is 0. The molecule has 0 radical (unpaired) electrons. The van der Waals surface area contributed by atoms with E-state index in [0.717, 1.165) is 6.54 Å². The highest BCUT2D eigenvalue weighted by Crippen LogP contribution is 2.20. The molecule has 1 heterocycles. The number of hydrogen-bond donors (Lipinski definition) is 0. The van der Waals surface area contributed by atoms with Gasteiger partial charge in [0.15, 0.2) is 0 Å². The van der Waals surface area contributed by atoms with Gasteiger partial charge in [-0.15, -0.1) is 0 Å². The van der Waals surface area contributed by atoms with Crippen LogP contribution in [0.4, 0.5) is 0 Å². The van der Waals surface area contributed by atoms with Gasteiger partial charge in [0.2, 0.25) is 0 Å². The Labute approximate surface area is 136 Å². The standard InChI is InChI=1S/C18H32N.BrH/c1-5-13-19(14-7-6-8-15-19)16-12-18(4)11-9-10-17(2)3;/h5,10,12H,1,6-9,11,13-16H2,2-4H3;1H/q+1;/p-1/b18-12+;. The van der Waals surface area contributed by atoms with Gasteiger partial charge in [0.25, 0.3) is 0 Å². The number of allylic oxidation sites excluding steroid dienone is 3. The number of nitrogens with zero attached hydrogens (tertiary/aromatic N) is 1. The number of piperidine rings is 1. The number of quaternary nitrogens is 1. The monoisotopic (exact) mass is 341 g/mol. The van der Waals surface area contributed by atoms with Gasteiger partial charge in [-0.2, -0.15) is 0 Å². The molecular weight excluding hydrogens is 310 g/mol. The average Bonchev–Trinajstić information content (AvgIpc) is 2.38. The first-order valence-electron chi connectivity index (χ1n) is 7.83. The molecule has 0 amide bonds. The fourth-order valence-electron chi connectivity index (χ4n) is 2.94. The van der Waals surface area contributed by atoms with Crippen molar-refractivity contribution >= 4 is 0 Å². The van der Waals surface area contributed by atoms with Crippen molar-refractivity contribution < 1.29 is 21.5 Å². The summed E-state index contributed by atoms with van der Waals surface area (Å²) in [6, 6.07) is 0. The van der Waals surface area contributed by atoms with Crippen LogP contribution in [0.15, 0.2) is 36.0 Å². The van der Waals surface area contributed by atoms with E-state index >= 15 is 0 Å². The first-order chi connectivity index (χ1) is 9.08. The molecular formula is C18H32BrN. The van der Waals surface area contributed by atoms with E-state index in [1.54, 1.807) is 5.57 Å². The van der Waals surface area contributed by atoms with Crippen LogP contribution in [-0.2, 0) is 0 Å². The summed E-state index contributed by atoms with van der Waals surface area (Å²) in [5.41, 5.74) is 2.98.